The second kappa shape index (κ2) is 11.2. The highest BCUT2D eigenvalue weighted by Gasteiger charge is 2.61. The van der Waals surface area contributed by atoms with Crippen molar-refractivity contribution in [2.45, 2.75) is 60.2 Å². The molecule has 2 aromatic rings. The van der Waals surface area contributed by atoms with E-state index < -0.39 is 97.1 Å². The quantitative estimate of drug-likeness (QED) is 0.243. The van der Waals surface area contributed by atoms with Crippen LogP contribution in [0.25, 0.3) is 0 Å². The largest absolute Gasteiger partial charge is 0.390 e. The molecule has 2 saturated carbocycles. The van der Waals surface area contributed by atoms with Gasteiger partial charge >= 0.3 is 0 Å². The molecule has 4 atom stereocenters. The molecular weight excluding hydrogens is 593 g/mol. The second-order valence-corrected chi connectivity index (χ2v) is 13.2. The van der Waals surface area contributed by atoms with Crippen molar-refractivity contribution < 1.29 is 51.6 Å². The topological polar surface area (TPSA) is 173 Å². The predicted octanol–water partition coefficient (Wildman–Crippen LogP) is 1.88. The zero-order valence-electron chi connectivity index (χ0n) is 21.6. The minimum Gasteiger partial charge on any atom is -0.390 e. The SMILES string of the molecule is C[C@@H](O)[C@H](O)C(=O)NCC1(O)C2CCC1CC(O)(S(=O)(=O)c1cc(C(=O)Nc3cc(F)c(F)c(F)c3)ccc1Cl)C2. The molecule has 0 aromatic heterocycles. The number of benzene rings is 2. The van der Waals surface area contributed by atoms with Gasteiger partial charge in [0.2, 0.25) is 9.84 Å². The van der Waals surface area contributed by atoms with Gasteiger partial charge in [0.15, 0.2) is 28.5 Å². The first-order chi connectivity index (χ1) is 19.0. The molecule has 0 aliphatic heterocycles. The molecule has 6 N–H and O–H groups in total. The lowest BCUT2D eigenvalue weighted by Crippen LogP contribution is -2.59. The van der Waals surface area contributed by atoms with Crippen LogP contribution in [0.3, 0.4) is 0 Å². The number of halogens is 4. The third-order valence-corrected chi connectivity index (χ3v) is 10.6. The van der Waals surface area contributed by atoms with Crippen molar-refractivity contribution in [3.63, 3.8) is 0 Å². The minimum absolute atomic E-state index is 0.295. The van der Waals surface area contributed by atoms with Gasteiger partial charge in [-0.2, -0.15) is 0 Å². The first-order valence-corrected chi connectivity index (χ1v) is 14.4. The molecule has 2 unspecified atom stereocenters. The van der Waals surface area contributed by atoms with Crippen molar-refractivity contribution in [3.8, 4) is 0 Å². The van der Waals surface area contributed by atoms with Gasteiger partial charge in [-0.15, -0.1) is 0 Å². The number of fused-ring (bicyclic) bond motifs is 2. The maximum absolute atomic E-state index is 13.7. The summed E-state index contributed by atoms with van der Waals surface area (Å²) in [6.45, 7) is 0.864. The summed E-state index contributed by atoms with van der Waals surface area (Å²) in [5.41, 5.74) is -2.32. The van der Waals surface area contributed by atoms with Crippen molar-refractivity contribution in [1.82, 2.24) is 5.32 Å². The lowest BCUT2D eigenvalue weighted by atomic mass is 9.73. The molecule has 2 aliphatic rings. The first-order valence-electron chi connectivity index (χ1n) is 12.6. The maximum atomic E-state index is 13.7. The molecule has 4 rings (SSSR count). The zero-order chi connectivity index (χ0) is 30.5. The van der Waals surface area contributed by atoms with Crippen LogP contribution in [0.2, 0.25) is 5.02 Å². The van der Waals surface area contributed by atoms with Gasteiger partial charge in [0, 0.05) is 29.9 Å². The number of aliphatic hydroxyl groups excluding tert-OH is 2. The molecule has 0 radical (unpaired) electrons. The minimum atomic E-state index is -4.67. The fourth-order valence-electron chi connectivity index (χ4n) is 5.59. The number of hydrogen-bond acceptors (Lipinski definition) is 8. The van der Waals surface area contributed by atoms with E-state index in [0.717, 1.165) is 18.2 Å². The van der Waals surface area contributed by atoms with E-state index >= 15 is 0 Å². The first kappa shape index (κ1) is 31.2. The van der Waals surface area contributed by atoms with E-state index in [2.05, 4.69) is 10.6 Å². The Balaban J connectivity index is 1.56. The van der Waals surface area contributed by atoms with Crippen LogP contribution in [0.15, 0.2) is 35.2 Å². The van der Waals surface area contributed by atoms with Crippen molar-refractivity contribution in [2.75, 3.05) is 11.9 Å². The summed E-state index contributed by atoms with van der Waals surface area (Å²) < 4.78 is 67.8. The fourth-order valence-corrected chi connectivity index (χ4v) is 7.87. The highest BCUT2D eigenvalue weighted by molar-refractivity contribution is 7.92. The second-order valence-electron chi connectivity index (χ2n) is 10.6. The van der Waals surface area contributed by atoms with Gasteiger partial charge in [0.05, 0.1) is 21.6 Å². The Bertz CT molecular complexity index is 1450. The summed E-state index contributed by atoms with van der Waals surface area (Å²) in [5, 5.41) is 46.1. The number of hydrogen-bond donors (Lipinski definition) is 6. The van der Waals surface area contributed by atoms with Crippen LogP contribution < -0.4 is 10.6 Å². The summed E-state index contributed by atoms with van der Waals surface area (Å²) in [7, 11) is -4.67. The van der Waals surface area contributed by atoms with Crippen molar-refractivity contribution in [1.29, 1.82) is 0 Å². The van der Waals surface area contributed by atoms with E-state index in [4.69, 9.17) is 11.6 Å². The molecule has 2 amide bonds. The highest BCUT2D eigenvalue weighted by Crippen LogP contribution is 2.55. The molecule has 0 saturated heterocycles. The van der Waals surface area contributed by atoms with E-state index in [1.165, 1.54) is 6.92 Å². The fraction of sp³-hybridized carbons (Fsp3) is 0.462. The Labute approximate surface area is 238 Å². The summed E-state index contributed by atoms with van der Waals surface area (Å²) in [6.07, 6.45) is -3.30. The third-order valence-electron chi connectivity index (χ3n) is 7.90. The Kier molecular flexibility index (Phi) is 8.48. The van der Waals surface area contributed by atoms with Crippen LogP contribution >= 0.6 is 11.6 Å². The Morgan fingerprint density at radius 3 is 2.15 bits per heavy atom. The van der Waals surface area contributed by atoms with Crippen molar-refractivity contribution in [3.05, 3.63) is 58.4 Å². The van der Waals surface area contributed by atoms with Crippen LogP contribution in [0.4, 0.5) is 18.9 Å². The molecule has 0 spiro atoms. The molecule has 2 bridgehead atoms. The molecular formula is C26H28ClF3N2O8S. The molecule has 0 heterocycles. The number of anilines is 1. The number of carbonyl (C=O) groups excluding carboxylic acids is 2. The molecule has 2 aliphatic carbocycles. The summed E-state index contributed by atoms with van der Waals surface area (Å²) >= 11 is 6.17. The molecule has 15 heteroatoms. The van der Waals surface area contributed by atoms with Gasteiger partial charge in [-0.05, 0) is 62.6 Å². The highest BCUT2D eigenvalue weighted by atomic mass is 35.5. The van der Waals surface area contributed by atoms with E-state index in [1.807, 2.05) is 0 Å². The smallest absolute Gasteiger partial charge is 0.255 e. The normalized spacial score (nSPS) is 27.2. The lowest BCUT2D eigenvalue weighted by molar-refractivity contribution is -0.139. The lowest BCUT2D eigenvalue weighted by Gasteiger charge is -2.46. The van der Waals surface area contributed by atoms with Crippen LogP contribution in [-0.4, -0.2) is 69.9 Å². The summed E-state index contributed by atoms with van der Waals surface area (Å²) in [6, 6.07) is 4.21. The molecule has 41 heavy (non-hydrogen) atoms. The maximum Gasteiger partial charge on any atom is 0.255 e. The number of aliphatic hydroxyl groups is 4. The number of carbonyl (C=O) groups is 2. The standard InChI is InChI=1S/C26H28ClF3N2O8S/c1-12(33)22(34)24(36)31-11-26(38)14-3-4-15(26)10-25(37,9-14)41(39,40)20-6-13(2-5-17(20)27)23(35)32-16-7-18(28)21(30)19(29)8-16/h2,5-8,12,14-15,22,33-34,37-38H,3-4,9-11H2,1H3,(H,31,36)(H,32,35)/t12-,14?,15?,22+,25?,26?/m1/s1. The van der Waals surface area contributed by atoms with Gasteiger partial charge < -0.3 is 31.1 Å². The van der Waals surface area contributed by atoms with Crippen LogP contribution in [0.1, 0.15) is 43.0 Å². The van der Waals surface area contributed by atoms with Crippen LogP contribution in [0, 0.1) is 29.3 Å². The Morgan fingerprint density at radius 2 is 1.61 bits per heavy atom. The number of amides is 2. The van der Waals surface area contributed by atoms with Gasteiger partial charge in [-0.25, -0.2) is 21.6 Å². The molecule has 2 aromatic carbocycles. The zero-order valence-corrected chi connectivity index (χ0v) is 23.1. The molecule has 224 valence electrons. The molecule has 2 fully saturated rings. The van der Waals surface area contributed by atoms with Gasteiger partial charge in [0.1, 0.15) is 0 Å². The van der Waals surface area contributed by atoms with Crippen LogP contribution in [-0.2, 0) is 14.6 Å². The average molecular weight is 621 g/mol. The van der Waals surface area contributed by atoms with Gasteiger partial charge in [0.25, 0.3) is 11.8 Å². The van der Waals surface area contributed by atoms with Crippen molar-refractivity contribution in [2.24, 2.45) is 11.8 Å². The average Bonchev–Trinajstić information content (AvgIpc) is 3.06. The predicted molar refractivity (Wildman–Crippen MR) is 139 cm³/mol. The third kappa shape index (κ3) is 5.68. The summed E-state index contributed by atoms with van der Waals surface area (Å²) in [5.74, 6) is -8.31. The van der Waals surface area contributed by atoms with Crippen LogP contribution in [0.5, 0.6) is 0 Å². The van der Waals surface area contributed by atoms with E-state index in [0.29, 0.717) is 25.0 Å². The van der Waals surface area contributed by atoms with Crippen molar-refractivity contribution >= 4 is 38.9 Å². The van der Waals surface area contributed by atoms with E-state index in [1.54, 1.807) is 0 Å². The van der Waals surface area contributed by atoms with Gasteiger partial charge in [-0.3, -0.25) is 9.59 Å². The van der Waals surface area contributed by atoms with Gasteiger partial charge in [-0.1, -0.05) is 11.6 Å². The monoisotopic (exact) mass is 620 g/mol. The molecule has 10 nitrogen and oxygen atoms in total. The van der Waals surface area contributed by atoms with E-state index in [9.17, 15) is 51.6 Å². The number of sulfone groups is 1. The number of rotatable bonds is 8. The summed E-state index contributed by atoms with van der Waals surface area (Å²) in [4.78, 5) is 21.8. The Hall–Kier alpha value is -2.75. The van der Waals surface area contributed by atoms with E-state index in [-0.39, 0.29) is 17.1 Å². The number of nitrogens with one attached hydrogen (secondary N) is 2. The Morgan fingerprint density at radius 1 is 1.05 bits per heavy atom.